The van der Waals surface area contributed by atoms with Gasteiger partial charge in [-0.2, -0.15) is 0 Å². The molecule has 102 valence electrons. The third-order valence-corrected chi connectivity index (χ3v) is 5.08. The molecule has 0 spiro atoms. The molecule has 2 rings (SSSR count). The first-order valence-electron chi connectivity index (χ1n) is 6.05. The van der Waals surface area contributed by atoms with E-state index in [1.807, 2.05) is 12.1 Å². The lowest BCUT2D eigenvalue weighted by Gasteiger charge is -2.14. The van der Waals surface area contributed by atoms with E-state index in [9.17, 15) is 4.21 Å². The number of nitrogen functional groups attached to an aromatic ring is 1. The highest BCUT2D eigenvalue weighted by atomic mass is 32.2. The van der Waals surface area contributed by atoms with Gasteiger partial charge in [0.05, 0.1) is 22.2 Å². The summed E-state index contributed by atoms with van der Waals surface area (Å²) in [5.41, 5.74) is 7.40. The Morgan fingerprint density at radius 2 is 1.89 bits per heavy atom. The van der Waals surface area contributed by atoms with Crippen LogP contribution in [0.4, 0.5) is 5.69 Å². The molecule has 0 aliphatic heterocycles. The molecule has 1 aromatic carbocycles. The van der Waals surface area contributed by atoms with Gasteiger partial charge in [0.25, 0.3) is 0 Å². The van der Waals surface area contributed by atoms with E-state index in [-0.39, 0.29) is 5.41 Å². The minimum Gasteiger partial charge on any atom is -0.399 e. The van der Waals surface area contributed by atoms with E-state index in [0.29, 0.717) is 11.4 Å². The fourth-order valence-corrected chi connectivity index (χ4v) is 3.83. The summed E-state index contributed by atoms with van der Waals surface area (Å²) >= 11 is 1.57. The van der Waals surface area contributed by atoms with Gasteiger partial charge in [-0.25, -0.2) is 4.98 Å². The van der Waals surface area contributed by atoms with Crippen molar-refractivity contribution in [1.29, 1.82) is 0 Å². The molecule has 0 radical (unpaired) electrons. The van der Waals surface area contributed by atoms with Crippen LogP contribution in [0.15, 0.2) is 34.5 Å². The Labute approximate surface area is 120 Å². The fraction of sp³-hybridized carbons (Fsp3) is 0.357. The molecule has 3 nitrogen and oxygen atoms in total. The average Bonchev–Trinajstić information content (AvgIpc) is 2.78. The first-order chi connectivity index (χ1) is 8.86. The number of rotatable bonds is 3. The molecule has 0 fully saturated rings. The van der Waals surface area contributed by atoms with Gasteiger partial charge in [0, 0.05) is 21.4 Å². The molecule has 2 N–H and O–H groups in total. The van der Waals surface area contributed by atoms with Crippen LogP contribution in [0.2, 0.25) is 0 Å². The van der Waals surface area contributed by atoms with Crippen molar-refractivity contribution in [2.75, 3.05) is 5.73 Å². The highest BCUT2D eigenvalue weighted by Gasteiger charge is 2.18. The third kappa shape index (κ3) is 3.64. The Balaban J connectivity index is 2.11. The van der Waals surface area contributed by atoms with Gasteiger partial charge in [-0.15, -0.1) is 11.3 Å². The van der Waals surface area contributed by atoms with Crippen molar-refractivity contribution in [3.63, 3.8) is 0 Å². The van der Waals surface area contributed by atoms with Gasteiger partial charge < -0.3 is 5.73 Å². The lowest BCUT2D eigenvalue weighted by molar-refractivity contribution is 0.571. The average molecular weight is 294 g/mol. The molecule has 1 aromatic heterocycles. The maximum Gasteiger partial charge on any atom is 0.106 e. The van der Waals surface area contributed by atoms with Crippen LogP contribution >= 0.6 is 11.3 Å². The Kier molecular flexibility index (Phi) is 4.06. The molecule has 0 aliphatic rings. The summed E-state index contributed by atoms with van der Waals surface area (Å²) in [6.07, 6.45) is 0. The zero-order valence-electron chi connectivity index (χ0n) is 11.3. The topological polar surface area (TPSA) is 56.0 Å². The lowest BCUT2D eigenvalue weighted by Crippen LogP contribution is -2.11. The number of aromatic nitrogens is 1. The van der Waals surface area contributed by atoms with Gasteiger partial charge in [0.1, 0.15) is 5.01 Å². The summed E-state index contributed by atoms with van der Waals surface area (Å²) in [4.78, 5) is 5.36. The zero-order chi connectivity index (χ0) is 14.0. The molecule has 2 aromatic rings. The van der Waals surface area contributed by atoms with Crippen LogP contribution in [0.1, 0.15) is 31.5 Å². The Morgan fingerprint density at radius 1 is 1.26 bits per heavy atom. The van der Waals surface area contributed by atoms with Crippen LogP contribution in [-0.4, -0.2) is 9.19 Å². The van der Waals surface area contributed by atoms with Crippen molar-refractivity contribution >= 4 is 27.8 Å². The maximum absolute atomic E-state index is 12.2. The first-order valence-corrected chi connectivity index (χ1v) is 8.25. The van der Waals surface area contributed by atoms with E-state index in [0.717, 1.165) is 15.6 Å². The van der Waals surface area contributed by atoms with Crippen molar-refractivity contribution in [3.05, 3.63) is 40.3 Å². The highest BCUT2D eigenvalue weighted by Crippen LogP contribution is 2.25. The Hall–Kier alpha value is -1.20. The molecule has 19 heavy (non-hydrogen) atoms. The second kappa shape index (κ2) is 5.43. The number of hydrogen-bond acceptors (Lipinski definition) is 4. The van der Waals surface area contributed by atoms with E-state index in [1.54, 1.807) is 23.5 Å². The second-order valence-corrected chi connectivity index (χ2v) is 7.83. The largest absolute Gasteiger partial charge is 0.399 e. The standard InChI is InChI=1S/C14H18N2OS2/c1-14(2,3)12-8-18-13(16-12)9-19(17)11-6-4-10(15)5-7-11/h4-8H,9,15H2,1-3H3. The molecule has 0 aliphatic carbocycles. The number of nitrogens with zero attached hydrogens (tertiary/aromatic N) is 1. The third-order valence-electron chi connectivity index (χ3n) is 2.72. The molecule has 0 saturated carbocycles. The van der Waals surface area contributed by atoms with Crippen molar-refractivity contribution in [3.8, 4) is 0 Å². The van der Waals surface area contributed by atoms with Crippen LogP contribution in [0, 0.1) is 0 Å². The monoisotopic (exact) mass is 294 g/mol. The van der Waals surface area contributed by atoms with Gasteiger partial charge in [0.2, 0.25) is 0 Å². The molecule has 1 atom stereocenters. The smallest absolute Gasteiger partial charge is 0.106 e. The van der Waals surface area contributed by atoms with Crippen LogP contribution < -0.4 is 5.73 Å². The number of thiazole rings is 1. The number of anilines is 1. The predicted molar refractivity (Wildman–Crippen MR) is 81.8 cm³/mol. The quantitative estimate of drug-likeness (QED) is 0.883. The Bertz CT molecular complexity index is 582. The van der Waals surface area contributed by atoms with Crippen LogP contribution in [0.3, 0.4) is 0 Å². The second-order valence-electron chi connectivity index (χ2n) is 5.44. The summed E-state index contributed by atoms with van der Waals surface area (Å²) in [5, 5.41) is 2.97. The van der Waals surface area contributed by atoms with Crippen molar-refractivity contribution < 1.29 is 4.21 Å². The van der Waals surface area contributed by atoms with E-state index >= 15 is 0 Å². The highest BCUT2D eigenvalue weighted by molar-refractivity contribution is 7.84. The molecule has 0 amide bonds. The van der Waals surface area contributed by atoms with Crippen LogP contribution in [-0.2, 0) is 22.0 Å². The summed E-state index contributed by atoms with van der Waals surface area (Å²) in [6.45, 7) is 6.38. The van der Waals surface area contributed by atoms with E-state index in [2.05, 4.69) is 31.1 Å². The fourth-order valence-electron chi connectivity index (χ4n) is 1.54. The van der Waals surface area contributed by atoms with Crippen molar-refractivity contribution in [2.45, 2.75) is 36.8 Å². The molecule has 0 saturated heterocycles. The summed E-state index contributed by atoms with van der Waals surface area (Å²) < 4.78 is 12.2. The van der Waals surface area contributed by atoms with Crippen molar-refractivity contribution in [2.24, 2.45) is 0 Å². The minimum absolute atomic E-state index is 0.0391. The molecule has 5 heteroatoms. The normalized spacial score (nSPS) is 13.4. The molecular weight excluding hydrogens is 276 g/mol. The maximum atomic E-state index is 12.2. The zero-order valence-corrected chi connectivity index (χ0v) is 13.0. The van der Waals surface area contributed by atoms with E-state index in [4.69, 9.17) is 5.73 Å². The lowest BCUT2D eigenvalue weighted by atomic mass is 9.93. The van der Waals surface area contributed by atoms with Gasteiger partial charge in [-0.1, -0.05) is 20.8 Å². The molecular formula is C14H18N2OS2. The van der Waals surface area contributed by atoms with Gasteiger partial charge >= 0.3 is 0 Å². The van der Waals surface area contributed by atoms with E-state index < -0.39 is 10.8 Å². The van der Waals surface area contributed by atoms with Gasteiger partial charge in [0.15, 0.2) is 0 Å². The number of hydrogen-bond donors (Lipinski definition) is 1. The van der Waals surface area contributed by atoms with Crippen molar-refractivity contribution in [1.82, 2.24) is 4.98 Å². The Morgan fingerprint density at radius 3 is 2.42 bits per heavy atom. The SMILES string of the molecule is CC(C)(C)c1csc(CS(=O)c2ccc(N)cc2)n1. The first kappa shape index (κ1) is 14.2. The van der Waals surface area contributed by atoms with Crippen LogP contribution in [0.25, 0.3) is 0 Å². The van der Waals surface area contributed by atoms with E-state index in [1.165, 1.54) is 0 Å². The van der Waals surface area contributed by atoms with Gasteiger partial charge in [-0.05, 0) is 24.3 Å². The summed E-state index contributed by atoms with van der Waals surface area (Å²) in [7, 11) is -1.06. The summed E-state index contributed by atoms with van der Waals surface area (Å²) in [6, 6.07) is 7.17. The molecule has 0 bridgehead atoms. The predicted octanol–water partition coefficient (Wildman–Crippen LogP) is 3.33. The summed E-state index contributed by atoms with van der Waals surface area (Å²) in [5.74, 6) is 0.463. The number of nitrogens with two attached hydrogens (primary N) is 1. The van der Waals surface area contributed by atoms with Gasteiger partial charge in [-0.3, -0.25) is 4.21 Å². The molecule has 1 heterocycles. The minimum atomic E-state index is -1.06. The number of benzene rings is 1. The van der Waals surface area contributed by atoms with Crippen LogP contribution in [0.5, 0.6) is 0 Å². The molecule has 1 unspecified atom stereocenters.